The van der Waals surface area contributed by atoms with Gasteiger partial charge in [0.2, 0.25) is 0 Å². The van der Waals surface area contributed by atoms with E-state index >= 15 is 0 Å². The number of piperazine rings is 1. The Morgan fingerprint density at radius 2 is 1.37 bits per heavy atom. The van der Waals surface area contributed by atoms with Crippen LogP contribution in [0.2, 0.25) is 0 Å². The van der Waals surface area contributed by atoms with Crippen LogP contribution in [-0.2, 0) is 32.1 Å². The lowest BCUT2D eigenvalue weighted by Crippen LogP contribution is -3.28. The van der Waals surface area contributed by atoms with E-state index in [4.69, 9.17) is 15.3 Å². The summed E-state index contributed by atoms with van der Waals surface area (Å²) in [6, 6.07) is 7.79. The van der Waals surface area contributed by atoms with Crippen molar-refractivity contribution >= 4 is 34.6 Å². The number of aliphatic hydroxyl groups is 1. The van der Waals surface area contributed by atoms with Gasteiger partial charge >= 0.3 is 11.9 Å². The fourth-order valence-corrected chi connectivity index (χ4v) is 4.09. The zero-order chi connectivity index (χ0) is 30.8. The van der Waals surface area contributed by atoms with Crippen LogP contribution in [0.5, 0.6) is 0 Å². The molecule has 1 aliphatic heterocycles. The number of rotatable bonds is 11. The molecule has 0 aliphatic carbocycles. The van der Waals surface area contributed by atoms with Crippen LogP contribution in [0.3, 0.4) is 0 Å². The standard InChI is InChI=1S/C19H28N4O2.2C4H4O4/c1-2-18-16-6-3-4-7-17(16)19(25)23(20-18)9-5-8-21-10-12-22(13-11-21)14-15-24;2*5-3(6)1-2-4(7)8/h3-4,6-7,24H,2,5,8-15H2,1H3;2*1-2H,(H,5,6)(H,7,8)/b;2*2-1-. The van der Waals surface area contributed by atoms with E-state index < -0.39 is 23.9 Å². The minimum atomic E-state index is -1.51. The molecule has 0 amide bonds. The monoisotopic (exact) mass is 576 g/mol. The number of aliphatic carboxylic acids is 4. The molecule has 14 nitrogen and oxygen atoms in total. The molecule has 0 atom stereocenters. The summed E-state index contributed by atoms with van der Waals surface area (Å²) in [5.74, 6) is -5.61. The van der Waals surface area contributed by atoms with E-state index in [2.05, 4.69) is 12.0 Å². The Kier molecular flexibility index (Phi) is 15.9. The van der Waals surface area contributed by atoms with Crippen molar-refractivity contribution in [3.63, 3.8) is 0 Å². The fourth-order valence-electron chi connectivity index (χ4n) is 4.09. The molecular weight excluding hydrogens is 540 g/mol. The van der Waals surface area contributed by atoms with E-state index in [1.165, 1.54) is 4.90 Å². The third-order valence-corrected chi connectivity index (χ3v) is 6.03. The first-order valence-electron chi connectivity index (χ1n) is 13.0. The maximum absolute atomic E-state index is 12.7. The predicted molar refractivity (Wildman–Crippen MR) is 142 cm³/mol. The number of aliphatic hydroxyl groups excluding tert-OH is 1. The molecular formula is C27H36N4O10. The minimum absolute atomic E-state index is 0.0278. The van der Waals surface area contributed by atoms with Gasteiger partial charge in [-0.2, -0.15) is 5.10 Å². The molecule has 1 aromatic carbocycles. The summed E-state index contributed by atoms with van der Waals surface area (Å²) in [7, 11) is 0. The van der Waals surface area contributed by atoms with Gasteiger partial charge in [0, 0.05) is 24.0 Å². The van der Waals surface area contributed by atoms with Crippen molar-refractivity contribution in [1.82, 2.24) is 9.78 Å². The molecule has 2 heterocycles. The average Bonchev–Trinajstić information content (AvgIpc) is 2.94. The first-order valence-corrected chi connectivity index (χ1v) is 13.0. The van der Waals surface area contributed by atoms with Crippen molar-refractivity contribution in [2.45, 2.75) is 26.3 Å². The average molecular weight is 577 g/mol. The predicted octanol–water partition coefficient (Wildman–Crippen LogP) is -5.12. The number of carboxylic acid groups (broad SMARTS) is 4. The van der Waals surface area contributed by atoms with Gasteiger partial charge in [0.25, 0.3) is 5.56 Å². The zero-order valence-corrected chi connectivity index (χ0v) is 22.8. The third kappa shape index (κ3) is 14.0. The molecule has 0 unspecified atom stereocenters. The zero-order valence-electron chi connectivity index (χ0n) is 22.8. The Balaban J connectivity index is 0.000000433. The molecule has 1 aromatic heterocycles. The van der Waals surface area contributed by atoms with Crippen LogP contribution in [0.1, 0.15) is 19.0 Å². The first-order chi connectivity index (χ1) is 19.5. The normalized spacial score (nSPS) is 16.4. The molecule has 0 spiro atoms. The fraction of sp³-hybridized carbons (Fsp3) is 0.407. The van der Waals surface area contributed by atoms with Gasteiger partial charge in [-0.05, 0) is 24.6 Å². The SMILES string of the molecule is CCc1nn(CCC[NH+]2CC[NH+](CCO)CC2)c(=O)c2ccccc12.O=C([O-])/C=C\C(=O)O.O=C([O-])/C=C\C(=O)O. The summed E-state index contributed by atoms with van der Waals surface area (Å²) in [5.41, 5.74) is 1.03. The number of quaternary nitrogens is 2. The van der Waals surface area contributed by atoms with Crippen molar-refractivity contribution < 1.29 is 54.5 Å². The lowest BCUT2D eigenvalue weighted by Gasteiger charge is -2.29. The van der Waals surface area contributed by atoms with E-state index in [-0.39, 0.29) is 12.2 Å². The van der Waals surface area contributed by atoms with Crippen molar-refractivity contribution in [1.29, 1.82) is 0 Å². The quantitative estimate of drug-likeness (QED) is 0.159. The van der Waals surface area contributed by atoms with Crippen LogP contribution in [0.25, 0.3) is 10.8 Å². The highest BCUT2D eigenvalue weighted by Crippen LogP contribution is 2.13. The maximum Gasteiger partial charge on any atom is 0.328 e. The van der Waals surface area contributed by atoms with Gasteiger partial charge in [0.05, 0.1) is 42.7 Å². The van der Waals surface area contributed by atoms with E-state index in [1.54, 1.807) is 9.58 Å². The van der Waals surface area contributed by atoms with Gasteiger partial charge in [-0.25, -0.2) is 14.3 Å². The molecule has 0 bridgehead atoms. The van der Waals surface area contributed by atoms with Crippen LogP contribution in [-0.4, -0.2) is 94.9 Å². The van der Waals surface area contributed by atoms with Crippen LogP contribution >= 0.6 is 0 Å². The number of fused-ring (bicyclic) bond motifs is 1. The van der Waals surface area contributed by atoms with E-state index in [9.17, 15) is 34.2 Å². The summed E-state index contributed by atoms with van der Waals surface area (Å²) in [5, 5.41) is 49.9. The molecule has 0 radical (unpaired) electrons. The van der Waals surface area contributed by atoms with Gasteiger partial charge in [-0.15, -0.1) is 0 Å². The maximum atomic E-state index is 12.7. The number of hydrogen-bond donors (Lipinski definition) is 5. The summed E-state index contributed by atoms with van der Waals surface area (Å²) in [6.07, 6.45) is 3.69. The molecule has 224 valence electrons. The largest absolute Gasteiger partial charge is 0.545 e. The number of carboxylic acids is 4. The number of aromatic nitrogens is 2. The summed E-state index contributed by atoms with van der Waals surface area (Å²) in [6.45, 7) is 9.55. The van der Waals surface area contributed by atoms with Crippen molar-refractivity contribution in [2.75, 3.05) is 45.9 Å². The molecule has 14 heteroatoms. The van der Waals surface area contributed by atoms with Crippen LogP contribution in [0.4, 0.5) is 0 Å². The Morgan fingerprint density at radius 3 is 1.78 bits per heavy atom. The van der Waals surface area contributed by atoms with Gasteiger partial charge in [-0.3, -0.25) is 4.79 Å². The topological polar surface area (TPSA) is 219 Å². The first kappa shape index (κ1) is 34.6. The molecule has 5 N–H and O–H groups in total. The Hall–Kier alpha value is -4.40. The second-order valence-corrected chi connectivity index (χ2v) is 8.93. The number of aryl methyl sites for hydroxylation is 2. The third-order valence-electron chi connectivity index (χ3n) is 6.03. The van der Waals surface area contributed by atoms with Gasteiger partial charge in [0.15, 0.2) is 0 Å². The van der Waals surface area contributed by atoms with Crippen LogP contribution < -0.4 is 25.6 Å². The lowest BCUT2D eigenvalue weighted by molar-refractivity contribution is -1.01. The van der Waals surface area contributed by atoms with Gasteiger partial charge in [0.1, 0.15) is 32.7 Å². The Labute approximate surface area is 236 Å². The molecule has 41 heavy (non-hydrogen) atoms. The number of nitrogens with one attached hydrogen (secondary N) is 2. The van der Waals surface area contributed by atoms with Crippen molar-refractivity contribution in [2.24, 2.45) is 0 Å². The smallest absolute Gasteiger partial charge is 0.328 e. The highest BCUT2D eigenvalue weighted by molar-refractivity contribution is 5.89. The molecule has 2 aromatic rings. The lowest BCUT2D eigenvalue weighted by atomic mass is 10.1. The van der Waals surface area contributed by atoms with Crippen LogP contribution in [0.15, 0.2) is 53.4 Å². The highest BCUT2D eigenvalue weighted by atomic mass is 16.4. The number of carbonyl (C=O) groups is 4. The highest BCUT2D eigenvalue weighted by Gasteiger charge is 2.22. The molecule has 3 rings (SSSR count). The Morgan fingerprint density at radius 1 is 0.878 bits per heavy atom. The van der Waals surface area contributed by atoms with E-state index in [0.717, 1.165) is 68.6 Å². The number of benzene rings is 1. The summed E-state index contributed by atoms with van der Waals surface area (Å²) < 4.78 is 1.66. The van der Waals surface area contributed by atoms with Gasteiger partial charge < -0.3 is 44.9 Å². The summed E-state index contributed by atoms with van der Waals surface area (Å²) in [4.78, 5) is 53.7. The summed E-state index contributed by atoms with van der Waals surface area (Å²) >= 11 is 0. The second-order valence-electron chi connectivity index (χ2n) is 8.93. The van der Waals surface area contributed by atoms with Crippen molar-refractivity contribution in [3.8, 4) is 0 Å². The number of nitrogens with zero attached hydrogens (tertiary/aromatic N) is 2. The minimum Gasteiger partial charge on any atom is -0.545 e. The van der Waals surface area contributed by atoms with Gasteiger partial charge in [-0.1, -0.05) is 25.1 Å². The van der Waals surface area contributed by atoms with Crippen molar-refractivity contribution in [3.05, 3.63) is 64.6 Å². The number of carbonyl (C=O) groups excluding carboxylic acids is 2. The van der Waals surface area contributed by atoms with E-state index in [0.29, 0.717) is 30.8 Å². The van der Waals surface area contributed by atoms with E-state index in [1.807, 2.05) is 24.3 Å². The Bertz CT molecular complexity index is 1210. The van der Waals surface area contributed by atoms with Crippen LogP contribution in [0, 0.1) is 0 Å². The molecule has 1 saturated heterocycles. The number of hydrogen-bond acceptors (Lipinski definition) is 9. The molecule has 0 saturated carbocycles. The second kappa shape index (κ2) is 18.8. The molecule has 1 fully saturated rings. The molecule has 1 aliphatic rings.